The van der Waals surface area contributed by atoms with Crippen LogP contribution in [0, 0.1) is 42.9 Å². The van der Waals surface area contributed by atoms with Crippen LogP contribution in [0.5, 0.6) is 0 Å². The minimum atomic E-state index is -0.788. The van der Waals surface area contributed by atoms with Crippen molar-refractivity contribution in [1.82, 2.24) is 15.4 Å². The number of hydrogen-bond donors (Lipinski definition) is 2. The summed E-state index contributed by atoms with van der Waals surface area (Å²) in [5.74, 6) is -1.26. The number of nitrogens with one attached hydrogen (secondary N) is 2. The molecule has 0 bridgehead atoms. The highest BCUT2D eigenvalue weighted by Crippen LogP contribution is 2.31. The van der Waals surface area contributed by atoms with Crippen molar-refractivity contribution in [1.29, 1.82) is 10.5 Å². The third kappa shape index (κ3) is 5.81. The van der Waals surface area contributed by atoms with Gasteiger partial charge in [-0.1, -0.05) is 6.07 Å². The van der Waals surface area contributed by atoms with Crippen molar-refractivity contribution in [3.8, 4) is 12.1 Å². The molecule has 0 aliphatic rings. The van der Waals surface area contributed by atoms with Crippen LogP contribution in [0.1, 0.15) is 23.2 Å². The van der Waals surface area contributed by atoms with Crippen molar-refractivity contribution in [3.05, 3.63) is 56.4 Å². The van der Waals surface area contributed by atoms with Crippen LogP contribution < -0.4 is 15.8 Å². The first-order valence-corrected chi connectivity index (χ1v) is 8.68. The molecule has 1 heterocycles. The molecule has 2 rings (SSSR count). The van der Waals surface area contributed by atoms with Gasteiger partial charge < -0.3 is 4.90 Å². The number of aromatic nitrogens is 2. The number of anilines is 2. The zero-order valence-electron chi connectivity index (χ0n) is 15.9. The monoisotopic (exact) mass is 425 g/mol. The fourth-order valence-corrected chi connectivity index (χ4v) is 2.50. The van der Waals surface area contributed by atoms with Gasteiger partial charge in [-0.3, -0.25) is 35.9 Å². The van der Waals surface area contributed by atoms with Gasteiger partial charge >= 0.3 is 5.69 Å². The highest BCUT2D eigenvalue weighted by atomic mass is 16.6. The zero-order valence-corrected chi connectivity index (χ0v) is 15.9. The van der Waals surface area contributed by atoms with E-state index in [1.165, 1.54) is 23.1 Å². The Morgan fingerprint density at radius 1 is 1.10 bits per heavy atom. The summed E-state index contributed by atoms with van der Waals surface area (Å²) < 4.78 is 0. The highest BCUT2D eigenvalue weighted by molar-refractivity contribution is 5.95. The second-order valence-corrected chi connectivity index (χ2v) is 5.84. The van der Waals surface area contributed by atoms with Gasteiger partial charge in [0.1, 0.15) is 6.33 Å². The van der Waals surface area contributed by atoms with Crippen LogP contribution in [0.2, 0.25) is 0 Å². The molecule has 2 aromatic rings. The second kappa shape index (κ2) is 10.6. The maximum atomic E-state index is 12.3. The molecule has 0 atom stereocenters. The van der Waals surface area contributed by atoms with E-state index >= 15 is 0 Å². The average molecular weight is 425 g/mol. The van der Waals surface area contributed by atoms with Gasteiger partial charge in [0, 0.05) is 30.8 Å². The van der Waals surface area contributed by atoms with Crippen molar-refractivity contribution in [3.63, 3.8) is 0 Å². The van der Waals surface area contributed by atoms with Crippen molar-refractivity contribution in [2.45, 2.75) is 12.8 Å². The fraction of sp³-hybridized carbons (Fsp3) is 0.235. The molecule has 1 aromatic carbocycles. The Morgan fingerprint density at radius 2 is 1.77 bits per heavy atom. The molecule has 14 nitrogen and oxygen atoms in total. The normalized spacial score (nSPS) is 9.74. The van der Waals surface area contributed by atoms with Crippen molar-refractivity contribution < 1.29 is 14.6 Å². The average Bonchev–Trinajstić information content (AvgIpc) is 2.77. The number of non-ortho nitro benzene ring substituents is 1. The molecule has 0 aliphatic carbocycles. The molecule has 14 heteroatoms. The SMILES string of the molecule is N#CCCN(CCC#N)c1ncnc(NNC(=O)c2cccc([N+](=O)[O-])c2)c1[N+](=O)[O-]. The Morgan fingerprint density at radius 3 is 2.35 bits per heavy atom. The zero-order chi connectivity index (χ0) is 22.8. The molecule has 0 radical (unpaired) electrons. The predicted molar refractivity (Wildman–Crippen MR) is 106 cm³/mol. The molecule has 1 amide bonds. The Labute approximate surface area is 175 Å². The van der Waals surface area contributed by atoms with Crippen LogP contribution in [-0.4, -0.2) is 38.8 Å². The number of benzene rings is 1. The Balaban J connectivity index is 2.29. The van der Waals surface area contributed by atoms with Gasteiger partial charge in [-0.2, -0.15) is 10.5 Å². The van der Waals surface area contributed by atoms with Crippen LogP contribution in [0.25, 0.3) is 0 Å². The smallest absolute Gasteiger partial charge is 0.349 e. The molecule has 0 fully saturated rings. The number of carbonyl (C=O) groups is 1. The van der Waals surface area contributed by atoms with E-state index in [1.54, 1.807) is 0 Å². The van der Waals surface area contributed by atoms with E-state index in [9.17, 15) is 25.0 Å². The van der Waals surface area contributed by atoms with Gasteiger partial charge in [0.15, 0.2) is 0 Å². The molecule has 2 N–H and O–H groups in total. The molecule has 0 spiro atoms. The lowest BCUT2D eigenvalue weighted by molar-refractivity contribution is -0.384. The quantitative estimate of drug-likeness (QED) is 0.413. The summed E-state index contributed by atoms with van der Waals surface area (Å²) in [7, 11) is 0. The number of rotatable bonds is 10. The minimum absolute atomic E-state index is 0.0405. The maximum Gasteiger partial charge on any atom is 0.355 e. The molecule has 0 unspecified atom stereocenters. The first kappa shape index (κ1) is 22.4. The van der Waals surface area contributed by atoms with Crippen LogP contribution in [0.15, 0.2) is 30.6 Å². The standard InChI is InChI=1S/C17H15N9O5/c18-6-2-8-24(9-3-7-19)16-14(26(30)31)15(20-11-21-16)22-23-17(27)12-4-1-5-13(10-12)25(28)29/h1,4-5,10-11H,2-3,8-9H2,(H,23,27)(H,20,21,22). The highest BCUT2D eigenvalue weighted by Gasteiger charge is 2.27. The van der Waals surface area contributed by atoms with Crippen molar-refractivity contribution >= 4 is 28.9 Å². The van der Waals surface area contributed by atoms with E-state index < -0.39 is 21.4 Å². The van der Waals surface area contributed by atoms with Gasteiger partial charge in [-0.15, -0.1) is 0 Å². The van der Waals surface area contributed by atoms with Gasteiger partial charge in [0.05, 0.1) is 34.8 Å². The molecule has 0 aliphatic heterocycles. The van der Waals surface area contributed by atoms with E-state index in [-0.39, 0.29) is 48.8 Å². The third-order valence-corrected chi connectivity index (χ3v) is 3.89. The van der Waals surface area contributed by atoms with Crippen LogP contribution in [0.3, 0.4) is 0 Å². The van der Waals surface area contributed by atoms with Crippen molar-refractivity contribution in [2.75, 3.05) is 23.4 Å². The van der Waals surface area contributed by atoms with Crippen LogP contribution >= 0.6 is 0 Å². The number of nitro groups is 2. The lowest BCUT2D eigenvalue weighted by Crippen LogP contribution is -2.31. The molecule has 158 valence electrons. The summed E-state index contributed by atoms with van der Waals surface area (Å²) in [6, 6.07) is 8.74. The first-order valence-electron chi connectivity index (χ1n) is 8.68. The van der Waals surface area contributed by atoms with E-state index in [0.29, 0.717) is 0 Å². The van der Waals surface area contributed by atoms with Crippen LogP contribution in [-0.2, 0) is 0 Å². The summed E-state index contributed by atoms with van der Waals surface area (Å²) >= 11 is 0. The Kier molecular flexibility index (Phi) is 7.69. The molecule has 31 heavy (non-hydrogen) atoms. The first-order chi connectivity index (χ1) is 14.9. The number of hydrazine groups is 1. The minimum Gasteiger partial charge on any atom is -0.349 e. The van der Waals surface area contributed by atoms with E-state index in [1.807, 2.05) is 12.1 Å². The largest absolute Gasteiger partial charge is 0.355 e. The van der Waals surface area contributed by atoms with Crippen molar-refractivity contribution in [2.24, 2.45) is 0 Å². The third-order valence-electron chi connectivity index (χ3n) is 3.89. The topological polar surface area (TPSA) is 204 Å². The molecule has 1 aromatic heterocycles. The number of amides is 1. The molecular weight excluding hydrogens is 410 g/mol. The summed E-state index contributed by atoms with van der Waals surface area (Å²) in [4.78, 5) is 42.5. The van der Waals surface area contributed by atoms with Gasteiger partial charge in [0.2, 0.25) is 11.6 Å². The fourth-order valence-electron chi connectivity index (χ4n) is 2.50. The number of carbonyl (C=O) groups excluding carboxylic acids is 1. The molecule has 0 saturated heterocycles. The summed E-state index contributed by atoms with van der Waals surface area (Å²) in [5, 5.41) is 40.2. The lowest BCUT2D eigenvalue weighted by atomic mass is 10.2. The molecule has 0 saturated carbocycles. The predicted octanol–water partition coefficient (Wildman–Crippen LogP) is 1.68. The lowest BCUT2D eigenvalue weighted by Gasteiger charge is -2.21. The summed E-state index contributed by atoms with van der Waals surface area (Å²) in [6.45, 7) is 0.186. The number of hydrogen-bond acceptors (Lipinski definition) is 11. The second-order valence-electron chi connectivity index (χ2n) is 5.84. The van der Waals surface area contributed by atoms with Gasteiger partial charge in [0.25, 0.3) is 11.6 Å². The Hall–Kier alpha value is -4.85. The number of nitrogens with zero attached hydrogens (tertiary/aromatic N) is 7. The van der Waals surface area contributed by atoms with E-state index in [2.05, 4.69) is 20.8 Å². The summed E-state index contributed by atoms with van der Waals surface area (Å²) in [5.41, 5.74) is 3.61. The number of nitro benzene ring substituents is 1. The summed E-state index contributed by atoms with van der Waals surface area (Å²) in [6.07, 6.45) is 1.10. The van der Waals surface area contributed by atoms with Gasteiger partial charge in [-0.25, -0.2) is 9.97 Å². The molecular formula is C17H15N9O5. The van der Waals surface area contributed by atoms with E-state index in [0.717, 1.165) is 12.4 Å². The Bertz CT molecular complexity index is 1060. The number of nitriles is 2. The van der Waals surface area contributed by atoms with E-state index in [4.69, 9.17) is 10.5 Å². The van der Waals surface area contributed by atoms with Crippen LogP contribution in [0.4, 0.5) is 23.0 Å². The van der Waals surface area contributed by atoms with Gasteiger partial charge in [-0.05, 0) is 6.07 Å². The maximum absolute atomic E-state index is 12.3.